The van der Waals surface area contributed by atoms with Crippen molar-refractivity contribution in [3.8, 4) is 0 Å². The highest BCUT2D eigenvalue weighted by Gasteiger charge is 2.11. The molecule has 1 aromatic rings. The smallest absolute Gasteiger partial charge is 0.204 e. The second-order valence-corrected chi connectivity index (χ2v) is 4.97. The van der Waals surface area contributed by atoms with Crippen LogP contribution in [0.3, 0.4) is 0 Å². The Bertz CT molecular complexity index is 297. The molecule has 0 aromatic carbocycles. The van der Waals surface area contributed by atoms with Crippen molar-refractivity contribution in [3.63, 3.8) is 0 Å². The van der Waals surface area contributed by atoms with Gasteiger partial charge in [-0.3, -0.25) is 0 Å². The topological polar surface area (TPSA) is 55.0 Å². The summed E-state index contributed by atoms with van der Waals surface area (Å²) < 4.78 is 4.16. The molecule has 1 unspecified atom stereocenters. The molecule has 1 heterocycles. The second kappa shape index (κ2) is 5.42. The van der Waals surface area contributed by atoms with E-state index >= 15 is 0 Å². The van der Waals surface area contributed by atoms with Crippen LogP contribution in [0.5, 0.6) is 0 Å². The Kier molecular flexibility index (Phi) is 4.47. The zero-order valence-corrected chi connectivity index (χ0v) is 10.7. The fraction of sp³-hybridized carbons (Fsp3) is 0.800. The largest absolute Gasteiger partial charge is 0.350 e. The minimum atomic E-state index is 0.265. The third-order valence-corrected chi connectivity index (χ3v) is 3.42. The first-order chi connectivity index (χ1) is 7.00. The average Bonchev–Trinajstić information content (AvgIpc) is 2.60. The number of anilines is 1. The highest BCUT2D eigenvalue weighted by atomic mass is 32.1. The number of rotatable bonds is 5. The molecule has 86 valence electrons. The number of hydrogen-bond donors (Lipinski definition) is 1. The Morgan fingerprint density at radius 1 is 1.47 bits per heavy atom. The van der Waals surface area contributed by atoms with Gasteiger partial charge < -0.3 is 10.6 Å². The van der Waals surface area contributed by atoms with Crippen LogP contribution < -0.4 is 10.6 Å². The Balaban J connectivity index is 2.39. The van der Waals surface area contributed by atoms with Crippen LogP contribution in [0.2, 0.25) is 0 Å². The lowest BCUT2D eigenvalue weighted by Gasteiger charge is -2.20. The molecule has 1 aromatic heterocycles. The van der Waals surface area contributed by atoms with Gasteiger partial charge in [0.2, 0.25) is 5.13 Å². The van der Waals surface area contributed by atoms with E-state index in [1.165, 1.54) is 11.5 Å². The lowest BCUT2D eigenvalue weighted by molar-refractivity contribution is 0.466. The molecule has 0 aliphatic rings. The van der Waals surface area contributed by atoms with Crippen molar-refractivity contribution < 1.29 is 0 Å². The lowest BCUT2D eigenvalue weighted by Crippen LogP contribution is -2.31. The minimum absolute atomic E-state index is 0.265. The van der Waals surface area contributed by atoms with Crippen molar-refractivity contribution in [2.75, 3.05) is 18.5 Å². The fourth-order valence-corrected chi connectivity index (χ4v) is 1.87. The molecule has 0 saturated carbocycles. The molecule has 0 amide bonds. The van der Waals surface area contributed by atoms with E-state index in [2.05, 4.69) is 28.1 Å². The molecule has 0 radical (unpaired) electrons. The van der Waals surface area contributed by atoms with Crippen LogP contribution in [0.1, 0.15) is 26.1 Å². The highest BCUT2D eigenvalue weighted by Crippen LogP contribution is 2.16. The van der Waals surface area contributed by atoms with Crippen molar-refractivity contribution in [1.29, 1.82) is 0 Å². The Morgan fingerprint density at radius 3 is 2.60 bits per heavy atom. The summed E-state index contributed by atoms with van der Waals surface area (Å²) in [6, 6.07) is 0.265. The highest BCUT2D eigenvalue weighted by molar-refractivity contribution is 7.09. The van der Waals surface area contributed by atoms with Crippen molar-refractivity contribution in [2.24, 2.45) is 11.7 Å². The van der Waals surface area contributed by atoms with Gasteiger partial charge in [-0.25, -0.2) is 4.98 Å². The van der Waals surface area contributed by atoms with Crippen LogP contribution in [-0.2, 0) is 0 Å². The monoisotopic (exact) mass is 228 g/mol. The van der Waals surface area contributed by atoms with Crippen LogP contribution in [0, 0.1) is 12.8 Å². The summed E-state index contributed by atoms with van der Waals surface area (Å²) >= 11 is 1.44. The first-order valence-electron chi connectivity index (χ1n) is 5.27. The van der Waals surface area contributed by atoms with E-state index in [0.717, 1.165) is 23.9 Å². The number of aromatic nitrogens is 2. The maximum atomic E-state index is 5.99. The molecule has 0 aliphatic carbocycles. The number of aryl methyl sites for hydroxylation is 1. The molecule has 0 bridgehead atoms. The summed E-state index contributed by atoms with van der Waals surface area (Å²) in [5, 5.41) is 0.975. The summed E-state index contributed by atoms with van der Waals surface area (Å²) in [7, 11) is 2.03. The van der Waals surface area contributed by atoms with Crippen LogP contribution in [0.4, 0.5) is 5.13 Å². The van der Waals surface area contributed by atoms with Crippen molar-refractivity contribution >= 4 is 16.7 Å². The first-order valence-corrected chi connectivity index (χ1v) is 6.05. The molecule has 2 N–H and O–H groups in total. The summed E-state index contributed by atoms with van der Waals surface area (Å²) in [6.07, 6.45) is 0.993. The van der Waals surface area contributed by atoms with Gasteiger partial charge in [-0.1, -0.05) is 13.8 Å². The van der Waals surface area contributed by atoms with E-state index in [1.807, 2.05) is 14.0 Å². The van der Waals surface area contributed by atoms with E-state index in [-0.39, 0.29) is 6.04 Å². The molecule has 4 nitrogen and oxygen atoms in total. The van der Waals surface area contributed by atoms with Crippen LogP contribution in [0.15, 0.2) is 0 Å². The average molecular weight is 228 g/mol. The van der Waals surface area contributed by atoms with Crippen molar-refractivity contribution in [3.05, 3.63) is 5.82 Å². The van der Waals surface area contributed by atoms with Crippen molar-refractivity contribution in [1.82, 2.24) is 9.36 Å². The van der Waals surface area contributed by atoms with E-state index in [9.17, 15) is 0 Å². The van der Waals surface area contributed by atoms with Gasteiger partial charge >= 0.3 is 0 Å². The molecule has 5 heteroatoms. The molecule has 0 spiro atoms. The normalized spacial score (nSPS) is 13.2. The summed E-state index contributed by atoms with van der Waals surface area (Å²) in [5.41, 5.74) is 5.99. The van der Waals surface area contributed by atoms with Crippen LogP contribution in [0.25, 0.3) is 0 Å². The lowest BCUT2D eigenvalue weighted by atomic mass is 10.0. The predicted octanol–water partition coefficient (Wildman–Crippen LogP) is 1.66. The summed E-state index contributed by atoms with van der Waals surface area (Å²) in [4.78, 5) is 6.44. The SMILES string of the molecule is Cc1nsc(N(C)CCC(N)C(C)C)n1. The predicted molar refractivity (Wildman–Crippen MR) is 65.3 cm³/mol. The number of hydrogen-bond acceptors (Lipinski definition) is 5. The number of nitrogens with two attached hydrogens (primary N) is 1. The van der Waals surface area contributed by atoms with Gasteiger partial charge in [-0.05, 0) is 19.3 Å². The van der Waals surface area contributed by atoms with Gasteiger partial charge in [0.05, 0.1) is 0 Å². The van der Waals surface area contributed by atoms with Gasteiger partial charge in [0.1, 0.15) is 5.82 Å². The van der Waals surface area contributed by atoms with E-state index in [1.54, 1.807) is 0 Å². The molecule has 0 fully saturated rings. The van der Waals surface area contributed by atoms with E-state index < -0.39 is 0 Å². The van der Waals surface area contributed by atoms with Gasteiger partial charge in [0.15, 0.2) is 0 Å². The van der Waals surface area contributed by atoms with Crippen LogP contribution >= 0.6 is 11.5 Å². The number of nitrogens with zero attached hydrogens (tertiary/aromatic N) is 3. The first kappa shape index (κ1) is 12.4. The molecular weight excluding hydrogens is 208 g/mol. The van der Waals surface area contributed by atoms with Gasteiger partial charge in [0.25, 0.3) is 0 Å². The molecule has 0 saturated heterocycles. The maximum absolute atomic E-state index is 5.99. The van der Waals surface area contributed by atoms with Gasteiger partial charge in [-0.2, -0.15) is 4.37 Å². The van der Waals surface area contributed by atoms with Crippen LogP contribution in [-0.4, -0.2) is 29.0 Å². The Labute approximate surface area is 95.7 Å². The van der Waals surface area contributed by atoms with E-state index in [0.29, 0.717) is 5.92 Å². The Morgan fingerprint density at radius 2 is 2.13 bits per heavy atom. The second-order valence-electron chi connectivity index (χ2n) is 4.24. The minimum Gasteiger partial charge on any atom is -0.350 e. The molecule has 1 atom stereocenters. The molecule has 0 aliphatic heterocycles. The maximum Gasteiger partial charge on any atom is 0.204 e. The van der Waals surface area contributed by atoms with Crippen molar-refractivity contribution in [2.45, 2.75) is 33.2 Å². The Hall–Kier alpha value is -0.680. The quantitative estimate of drug-likeness (QED) is 0.832. The molecule has 1 rings (SSSR count). The molecular formula is C10H20N4S. The zero-order valence-electron chi connectivity index (χ0n) is 9.90. The third-order valence-electron chi connectivity index (χ3n) is 2.50. The zero-order chi connectivity index (χ0) is 11.4. The third kappa shape index (κ3) is 3.76. The van der Waals surface area contributed by atoms with Gasteiger partial charge in [0, 0.05) is 31.2 Å². The summed E-state index contributed by atoms with van der Waals surface area (Å²) in [5.74, 6) is 1.38. The fourth-order valence-electron chi connectivity index (χ4n) is 1.21. The van der Waals surface area contributed by atoms with E-state index in [4.69, 9.17) is 5.73 Å². The standard InChI is InChI=1S/C10H20N4S/c1-7(2)9(11)5-6-14(4)10-12-8(3)13-15-10/h7,9H,5-6,11H2,1-4H3. The summed E-state index contributed by atoms with van der Waals surface area (Å²) in [6.45, 7) is 7.15. The van der Waals surface area contributed by atoms with Gasteiger partial charge in [-0.15, -0.1) is 0 Å². The molecule has 15 heavy (non-hydrogen) atoms.